The maximum atomic E-state index is 12.3. The van der Waals surface area contributed by atoms with Crippen molar-refractivity contribution < 1.29 is 0 Å². The van der Waals surface area contributed by atoms with Crippen molar-refractivity contribution in [1.82, 2.24) is 24.9 Å². The smallest absolute Gasteiger partial charge is 0.251 e. The summed E-state index contributed by atoms with van der Waals surface area (Å²) in [6.45, 7) is 0. The standard InChI is InChI=1S/C21H25N5O/c1-25-20-5-3-2-4-19(20)14(10-21(25)27)6-7-17-13-26(24-23-17)18-11-15-8-9-16(12-18)22-15/h2-5,10,13,15-16,18,22H,6-9,11-12H2,1H3. The molecule has 0 aliphatic carbocycles. The molecule has 2 unspecified atom stereocenters. The Morgan fingerprint density at radius 3 is 2.74 bits per heavy atom. The third-order valence-corrected chi connectivity index (χ3v) is 6.27. The molecule has 3 aromatic rings. The number of benzene rings is 1. The molecular formula is C21H25N5O. The number of hydrogen-bond donors (Lipinski definition) is 1. The van der Waals surface area contributed by atoms with Crippen molar-refractivity contribution in [2.45, 2.75) is 56.7 Å². The lowest BCUT2D eigenvalue weighted by Crippen LogP contribution is -2.39. The fourth-order valence-electron chi connectivity index (χ4n) is 4.80. The predicted molar refractivity (Wildman–Crippen MR) is 105 cm³/mol. The molecule has 2 saturated heterocycles. The van der Waals surface area contributed by atoms with Gasteiger partial charge >= 0.3 is 0 Å². The van der Waals surface area contributed by atoms with Crippen LogP contribution < -0.4 is 10.9 Å². The Balaban J connectivity index is 1.34. The summed E-state index contributed by atoms with van der Waals surface area (Å²) in [6, 6.07) is 11.6. The first-order valence-electron chi connectivity index (χ1n) is 9.92. The molecule has 27 heavy (non-hydrogen) atoms. The van der Waals surface area contributed by atoms with Crippen molar-refractivity contribution >= 4 is 10.9 Å². The summed E-state index contributed by atoms with van der Waals surface area (Å²) in [6.07, 6.45) is 8.59. The normalized spacial score (nSPS) is 24.6. The summed E-state index contributed by atoms with van der Waals surface area (Å²) in [5.41, 5.74) is 3.11. The third kappa shape index (κ3) is 3.08. The largest absolute Gasteiger partial charge is 0.311 e. The van der Waals surface area contributed by atoms with Crippen LogP contribution in [0.25, 0.3) is 10.9 Å². The van der Waals surface area contributed by atoms with Crippen LogP contribution in [0.5, 0.6) is 0 Å². The average molecular weight is 363 g/mol. The van der Waals surface area contributed by atoms with E-state index in [0.29, 0.717) is 18.1 Å². The van der Waals surface area contributed by atoms with E-state index >= 15 is 0 Å². The van der Waals surface area contributed by atoms with Gasteiger partial charge < -0.3 is 9.88 Å². The number of aryl methyl sites for hydroxylation is 3. The molecule has 2 bridgehead atoms. The number of nitrogens with zero attached hydrogens (tertiary/aromatic N) is 4. The van der Waals surface area contributed by atoms with Gasteiger partial charge in [-0.3, -0.25) is 4.79 Å². The summed E-state index contributed by atoms with van der Waals surface area (Å²) in [7, 11) is 1.83. The highest BCUT2D eigenvalue weighted by atomic mass is 16.1. The number of rotatable bonds is 4. The van der Waals surface area contributed by atoms with E-state index in [-0.39, 0.29) is 5.56 Å². The molecule has 2 atom stereocenters. The molecule has 0 radical (unpaired) electrons. The average Bonchev–Trinajstić information content (AvgIpc) is 3.30. The second-order valence-electron chi connectivity index (χ2n) is 8.04. The first kappa shape index (κ1) is 16.7. The van der Waals surface area contributed by atoms with E-state index in [1.807, 2.05) is 25.2 Å². The van der Waals surface area contributed by atoms with Crippen molar-refractivity contribution in [3.05, 3.63) is 58.1 Å². The van der Waals surface area contributed by atoms with Crippen LogP contribution in [0.2, 0.25) is 0 Å². The van der Waals surface area contributed by atoms with Crippen molar-refractivity contribution in [3.8, 4) is 0 Å². The van der Waals surface area contributed by atoms with E-state index in [2.05, 4.69) is 32.6 Å². The highest BCUT2D eigenvalue weighted by Crippen LogP contribution is 2.33. The minimum Gasteiger partial charge on any atom is -0.311 e. The van der Waals surface area contributed by atoms with Crippen molar-refractivity contribution in [2.75, 3.05) is 0 Å². The minimum atomic E-state index is 0.0394. The Bertz CT molecular complexity index is 1020. The molecule has 2 aromatic heterocycles. The summed E-state index contributed by atoms with van der Waals surface area (Å²) in [4.78, 5) is 12.3. The first-order chi connectivity index (χ1) is 13.2. The van der Waals surface area contributed by atoms with Crippen LogP contribution in [0.15, 0.2) is 41.3 Å². The second-order valence-corrected chi connectivity index (χ2v) is 8.04. The number of piperidine rings is 1. The topological polar surface area (TPSA) is 64.7 Å². The summed E-state index contributed by atoms with van der Waals surface area (Å²) < 4.78 is 3.78. The van der Waals surface area contributed by atoms with Crippen LogP contribution in [-0.4, -0.2) is 31.6 Å². The maximum Gasteiger partial charge on any atom is 0.251 e. The molecule has 2 fully saturated rings. The van der Waals surface area contributed by atoms with Crippen LogP contribution in [0.4, 0.5) is 0 Å². The molecular weight excluding hydrogens is 338 g/mol. The zero-order chi connectivity index (χ0) is 18.4. The van der Waals surface area contributed by atoms with Gasteiger partial charge in [0.25, 0.3) is 5.56 Å². The van der Waals surface area contributed by atoms with Gasteiger partial charge in [0, 0.05) is 36.8 Å². The van der Waals surface area contributed by atoms with Gasteiger partial charge in [0.2, 0.25) is 0 Å². The molecule has 6 heteroatoms. The number of nitrogens with one attached hydrogen (secondary N) is 1. The van der Waals surface area contributed by atoms with Gasteiger partial charge in [-0.05, 0) is 50.2 Å². The lowest BCUT2D eigenvalue weighted by molar-refractivity contribution is 0.278. The van der Waals surface area contributed by atoms with Gasteiger partial charge in [0.1, 0.15) is 0 Å². The Morgan fingerprint density at radius 2 is 1.93 bits per heavy atom. The molecule has 1 aromatic carbocycles. The monoisotopic (exact) mass is 363 g/mol. The van der Waals surface area contributed by atoms with Crippen LogP contribution >= 0.6 is 0 Å². The molecule has 5 rings (SSSR count). The summed E-state index contributed by atoms with van der Waals surface area (Å²) >= 11 is 0. The molecule has 140 valence electrons. The van der Waals surface area contributed by atoms with Crippen molar-refractivity contribution in [2.24, 2.45) is 7.05 Å². The fourth-order valence-corrected chi connectivity index (χ4v) is 4.80. The van der Waals surface area contributed by atoms with E-state index < -0.39 is 0 Å². The number of pyridine rings is 1. The summed E-state index contributed by atoms with van der Waals surface area (Å²) in [5, 5.41) is 13.6. The lowest BCUT2D eigenvalue weighted by atomic mass is 10.00. The molecule has 6 nitrogen and oxygen atoms in total. The van der Waals surface area contributed by atoms with E-state index in [0.717, 1.165) is 47.8 Å². The van der Waals surface area contributed by atoms with Crippen molar-refractivity contribution in [3.63, 3.8) is 0 Å². The van der Waals surface area contributed by atoms with Gasteiger partial charge in [0.15, 0.2) is 0 Å². The van der Waals surface area contributed by atoms with Gasteiger partial charge in [-0.2, -0.15) is 0 Å². The Morgan fingerprint density at radius 1 is 1.15 bits per heavy atom. The van der Waals surface area contributed by atoms with E-state index in [1.165, 1.54) is 12.8 Å². The van der Waals surface area contributed by atoms with Crippen LogP contribution in [0.1, 0.15) is 43.0 Å². The van der Waals surface area contributed by atoms with Gasteiger partial charge in [-0.25, -0.2) is 4.68 Å². The Kier molecular flexibility index (Phi) is 4.08. The zero-order valence-electron chi connectivity index (χ0n) is 15.6. The second kappa shape index (κ2) is 6.60. The number of para-hydroxylation sites is 1. The van der Waals surface area contributed by atoms with Crippen LogP contribution in [0.3, 0.4) is 0 Å². The number of aromatic nitrogens is 4. The third-order valence-electron chi connectivity index (χ3n) is 6.27. The maximum absolute atomic E-state index is 12.3. The quantitative estimate of drug-likeness (QED) is 0.773. The highest BCUT2D eigenvalue weighted by Gasteiger charge is 2.34. The molecule has 1 N–H and O–H groups in total. The first-order valence-corrected chi connectivity index (χ1v) is 9.92. The van der Waals surface area contributed by atoms with Gasteiger partial charge in [-0.1, -0.05) is 23.4 Å². The fraction of sp³-hybridized carbons (Fsp3) is 0.476. The number of fused-ring (bicyclic) bond motifs is 3. The predicted octanol–water partition coefficient (Wildman–Crippen LogP) is 2.37. The molecule has 0 amide bonds. The highest BCUT2D eigenvalue weighted by molar-refractivity contribution is 5.82. The van der Waals surface area contributed by atoms with E-state index in [9.17, 15) is 4.79 Å². The molecule has 4 heterocycles. The molecule has 2 aliphatic heterocycles. The molecule has 2 aliphatic rings. The van der Waals surface area contributed by atoms with Crippen LogP contribution in [-0.2, 0) is 19.9 Å². The number of hydrogen-bond acceptors (Lipinski definition) is 4. The van der Waals surface area contributed by atoms with Crippen molar-refractivity contribution in [1.29, 1.82) is 0 Å². The SMILES string of the molecule is Cn1c(=O)cc(CCc2cn(C3CC4CCC(C3)N4)nn2)c2ccccc21. The lowest BCUT2D eigenvalue weighted by Gasteiger charge is -2.28. The molecule has 0 saturated carbocycles. The minimum absolute atomic E-state index is 0.0394. The van der Waals surface area contributed by atoms with E-state index in [1.54, 1.807) is 10.6 Å². The van der Waals surface area contributed by atoms with E-state index in [4.69, 9.17) is 0 Å². The Labute approximate surface area is 158 Å². The van der Waals surface area contributed by atoms with Gasteiger partial charge in [-0.15, -0.1) is 5.10 Å². The molecule has 0 spiro atoms. The Hall–Kier alpha value is -2.47. The van der Waals surface area contributed by atoms with Crippen LogP contribution in [0, 0.1) is 0 Å². The zero-order valence-corrected chi connectivity index (χ0v) is 15.6. The summed E-state index contributed by atoms with van der Waals surface area (Å²) in [5.74, 6) is 0. The van der Waals surface area contributed by atoms with Gasteiger partial charge in [0.05, 0.1) is 17.3 Å².